The smallest absolute Gasteiger partial charge is 0.337 e. The molecule has 6 nitrogen and oxygen atoms in total. The van der Waals surface area contributed by atoms with Gasteiger partial charge in [0.25, 0.3) is 0 Å². The molecule has 0 aliphatic carbocycles. The van der Waals surface area contributed by atoms with Crippen LogP contribution in [0.3, 0.4) is 0 Å². The lowest BCUT2D eigenvalue weighted by Gasteiger charge is -2.12. The Morgan fingerprint density at radius 2 is 2.10 bits per heavy atom. The Labute approximate surface area is 128 Å². The number of carboxylic acid groups (broad SMARTS) is 1. The molecule has 0 unspecified atom stereocenters. The highest BCUT2D eigenvalue weighted by molar-refractivity contribution is 7.00. The topological polar surface area (TPSA) is 101 Å². The maximum absolute atomic E-state index is 11.1. The molecule has 0 fully saturated rings. The van der Waals surface area contributed by atoms with Crippen LogP contribution in [0.1, 0.15) is 10.4 Å². The summed E-state index contributed by atoms with van der Waals surface area (Å²) in [5.74, 6) is -1.09. The van der Waals surface area contributed by atoms with Gasteiger partial charge < -0.3 is 16.2 Å². The Bertz CT molecular complexity index is 849. The summed E-state index contributed by atoms with van der Waals surface area (Å²) in [6, 6.07) is 8.19. The van der Waals surface area contributed by atoms with Crippen LogP contribution in [-0.4, -0.2) is 19.8 Å². The number of carboxylic acids is 1. The fourth-order valence-electron chi connectivity index (χ4n) is 1.94. The van der Waals surface area contributed by atoms with Crippen molar-refractivity contribution in [1.29, 1.82) is 0 Å². The minimum absolute atomic E-state index is 0.0275. The van der Waals surface area contributed by atoms with Crippen molar-refractivity contribution in [2.24, 2.45) is 0 Å². The van der Waals surface area contributed by atoms with E-state index in [1.807, 2.05) is 0 Å². The van der Waals surface area contributed by atoms with Crippen LogP contribution in [0.2, 0.25) is 5.02 Å². The summed E-state index contributed by atoms with van der Waals surface area (Å²) in [7, 11) is 0. The van der Waals surface area contributed by atoms with Gasteiger partial charge in [0.1, 0.15) is 11.0 Å². The van der Waals surface area contributed by atoms with Gasteiger partial charge in [-0.25, -0.2) is 4.79 Å². The van der Waals surface area contributed by atoms with E-state index in [0.29, 0.717) is 27.4 Å². The Morgan fingerprint density at radius 3 is 2.86 bits per heavy atom. The lowest BCUT2D eigenvalue weighted by molar-refractivity contribution is 0.0698. The van der Waals surface area contributed by atoms with Crippen LogP contribution in [0, 0.1) is 0 Å². The fourth-order valence-corrected chi connectivity index (χ4v) is 2.68. The molecule has 0 amide bonds. The molecule has 3 aromatic rings. The van der Waals surface area contributed by atoms with Crippen molar-refractivity contribution in [2.45, 2.75) is 0 Å². The molecule has 0 saturated carbocycles. The van der Waals surface area contributed by atoms with Crippen LogP contribution in [0.25, 0.3) is 11.0 Å². The van der Waals surface area contributed by atoms with E-state index >= 15 is 0 Å². The van der Waals surface area contributed by atoms with E-state index in [9.17, 15) is 4.79 Å². The van der Waals surface area contributed by atoms with E-state index in [0.717, 1.165) is 11.7 Å². The standard InChI is InChI=1S/C13H9ClN4O2S/c14-7-4-5-9-12(18-21-17-9)11(7)16-8-3-1-2-6(10(8)15)13(19)20/h1-5,16H,15H2,(H,19,20). The van der Waals surface area contributed by atoms with Crippen LogP contribution in [0.5, 0.6) is 0 Å². The number of benzene rings is 2. The van der Waals surface area contributed by atoms with Crippen LogP contribution < -0.4 is 11.1 Å². The summed E-state index contributed by atoms with van der Waals surface area (Å²) in [4.78, 5) is 11.1. The van der Waals surface area contributed by atoms with Gasteiger partial charge in [-0.2, -0.15) is 8.75 Å². The summed E-state index contributed by atoms with van der Waals surface area (Å²) in [6.45, 7) is 0. The predicted octanol–water partition coefficient (Wildman–Crippen LogP) is 3.37. The molecule has 1 aromatic heterocycles. The van der Waals surface area contributed by atoms with E-state index in [1.54, 1.807) is 24.3 Å². The second-order valence-corrected chi connectivity index (χ2v) is 5.19. The second kappa shape index (κ2) is 5.19. The Morgan fingerprint density at radius 1 is 1.29 bits per heavy atom. The van der Waals surface area contributed by atoms with Crippen LogP contribution >= 0.6 is 23.3 Å². The Balaban J connectivity index is 2.11. The molecule has 106 valence electrons. The van der Waals surface area contributed by atoms with Gasteiger partial charge in [-0.1, -0.05) is 17.7 Å². The number of nitrogen functional groups attached to an aromatic ring is 1. The zero-order valence-electron chi connectivity index (χ0n) is 10.5. The number of nitrogens with two attached hydrogens (primary N) is 1. The van der Waals surface area contributed by atoms with Crippen molar-refractivity contribution in [3.05, 3.63) is 40.9 Å². The fraction of sp³-hybridized carbons (Fsp3) is 0. The van der Waals surface area contributed by atoms with Crippen molar-refractivity contribution in [2.75, 3.05) is 11.1 Å². The zero-order valence-corrected chi connectivity index (χ0v) is 12.1. The molecule has 0 bridgehead atoms. The highest BCUT2D eigenvalue weighted by atomic mass is 35.5. The first-order valence-corrected chi connectivity index (χ1v) is 6.98. The molecule has 2 aromatic carbocycles. The summed E-state index contributed by atoms with van der Waals surface area (Å²) in [6.07, 6.45) is 0. The summed E-state index contributed by atoms with van der Waals surface area (Å²) in [5, 5.41) is 12.6. The van der Waals surface area contributed by atoms with Gasteiger partial charge >= 0.3 is 5.97 Å². The quantitative estimate of drug-likeness (QED) is 0.640. The number of para-hydroxylation sites is 1. The maximum Gasteiger partial charge on any atom is 0.337 e. The molecule has 3 rings (SSSR count). The van der Waals surface area contributed by atoms with Crippen LogP contribution in [-0.2, 0) is 0 Å². The number of halogens is 1. The minimum atomic E-state index is -1.09. The molecular weight excluding hydrogens is 312 g/mol. The average molecular weight is 321 g/mol. The summed E-state index contributed by atoms with van der Waals surface area (Å²) in [5.41, 5.74) is 8.38. The minimum Gasteiger partial charge on any atom is -0.478 e. The van der Waals surface area contributed by atoms with Gasteiger partial charge in [-0.05, 0) is 24.3 Å². The van der Waals surface area contributed by atoms with E-state index in [2.05, 4.69) is 14.1 Å². The van der Waals surface area contributed by atoms with Crippen LogP contribution in [0.15, 0.2) is 30.3 Å². The number of carbonyl (C=O) groups is 1. The first-order valence-electron chi connectivity index (χ1n) is 5.87. The van der Waals surface area contributed by atoms with Gasteiger partial charge in [0.15, 0.2) is 0 Å². The van der Waals surface area contributed by atoms with Crippen molar-refractivity contribution >= 4 is 57.4 Å². The van der Waals surface area contributed by atoms with Crippen molar-refractivity contribution < 1.29 is 9.90 Å². The summed E-state index contributed by atoms with van der Waals surface area (Å²) >= 11 is 7.26. The molecule has 1 heterocycles. The average Bonchev–Trinajstić information content (AvgIpc) is 2.92. The third-order valence-corrected chi connectivity index (χ3v) is 3.83. The first-order chi connectivity index (χ1) is 10.1. The molecule has 0 spiro atoms. The van der Waals surface area contributed by atoms with Gasteiger partial charge in [0.2, 0.25) is 0 Å². The number of anilines is 3. The molecule has 21 heavy (non-hydrogen) atoms. The molecule has 0 saturated heterocycles. The SMILES string of the molecule is Nc1c(Nc2c(Cl)ccc3nsnc23)cccc1C(=O)O. The van der Waals surface area contributed by atoms with E-state index < -0.39 is 5.97 Å². The molecule has 0 radical (unpaired) electrons. The lowest BCUT2D eigenvalue weighted by Crippen LogP contribution is -2.05. The molecule has 4 N–H and O–H groups in total. The first kappa shape index (κ1) is 13.6. The largest absolute Gasteiger partial charge is 0.478 e. The third-order valence-electron chi connectivity index (χ3n) is 2.97. The number of fused-ring (bicyclic) bond motifs is 1. The van der Waals surface area contributed by atoms with Gasteiger partial charge in [0.05, 0.1) is 39.4 Å². The number of nitrogens with zero attached hydrogens (tertiary/aromatic N) is 2. The number of hydrogen-bond donors (Lipinski definition) is 3. The monoisotopic (exact) mass is 320 g/mol. The number of nitrogens with one attached hydrogen (secondary N) is 1. The normalized spacial score (nSPS) is 10.7. The number of hydrogen-bond acceptors (Lipinski definition) is 6. The van der Waals surface area contributed by atoms with Gasteiger partial charge in [0, 0.05) is 0 Å². The molecular formula is C13H9ClN4O2S. The summed E-state index contributed by atoms with van der Waals surface area (Å²) < 4.78 is 8.33. The van der Waals surface area contributed by atoms with E-state index in [1.165, 1.54) is 6.07 Å². The number of aromatic carboxylic acids is 1. The maximum atomic E-state index is 11.1. The zero-order chi connectivity index (χ0) is 15.0. The predicted molar refractivity (Wildman–Crippen MR) is 83.5 cm³/mol. The molecule has 0 atom stereocenters. The molecule has 0 aliphatic heterocycles. The Hall–Kier alpha value is -2.38. The van der Waals surface area contributed by atoms with Crippen molar-refractivity contribution in [3.63, 3.8) is 0 Å². The van der Waals surface area contributed by atoms with Crippen molar-refractivity contribution in [1.82, 2.24) is 8.75 Å². The molecule has 8 heteroatoms. The third kappa shape index (κ3) is 2.37. The Kier molecular flexibility index (Phi) is 3.36. The molecule has 0 aliphatic rings. The van der Waals surface area contributed by atoms with Crippen molar-refractivity contribution in [3.8, 4) is 0 Å². The highest BCUT2D eigenvalue weighted by Gasteiger charge is 2.14. The van der Waals surface area contributed by atoms with Crippen LogP contribution in [0.4, 0.5) is 17.1 Å². The number of rotatable bonds is 3. The van der Waals surface area contributed by atoms with E-state index in [4.69, 9.17) is 22.4 Å². The van der Waals surface area contributed by atoms with E-state index in [-0.39, 0.29) is 11.3 Å². The van der Waals surface area contributed by atoms with Gasteiger partial charge in [-0.15, -0.1) is 0 Å². The lowest BCUT2D eigenvalue weighted by atomic mass is 10.1. The second-order valence-electron chi connectivity index (χ2n) is 4.25. The number of aromatic nitrogens is 2. The van der Waals surface area contributed by atoms with Gasteiger partial charge in [-0.3, -0.25) is 0 Å². The highest BCUT2D eigenvalue weighted by Crippen LogP contribution is 2.34.